The van der Waals surface area contributed by atoms with Crippen LogP contribution in [0.25, 0.3) is 0 Å². The van der Waals surface area contributed by atoms with E-state index in [1.165, 1.54) is 0 Å². The van der Waals surface area contributed by atoms with E-state index in [2.05, 4.69) is 5.32 Å². The monoisotopic (exact) mass is 243 g/mol. The van der Waals surface area contributed by atoms with Crippen molar-refractivity contribution in [3.05, 3.63) is 0 Å². The molecule has 1 amide bonds. The first-order valence-electron chi connectivity index (χ1n) is 6.10. The van der Waals surface area contributed by atoms with Gasteiger partial charge in [-0.15, -0.1) is 0 Å². The largest absolute Gasteiger partial charge is 0.481 e. The fraction of sp³-hybridized carbons (Fsp3) is 0.833. The summed E-state index contributed by atoms with van der Waals surface area (Å²) < 4.78 is 5.22. The number of carbonyl (C=O) groups excluding carboxylic acids is 1. The number of aliphatic carboxylic acids is 1. The quantitative estimate of drug-likeness (QED) is 0.734. The van der Waals surface area contributed by atoms with E-state index in [4.69, 9.17) is 9.84 Å². The van der Waals surface area contributed by atoms with Crippen molar-refractivity contribution in [1.82, 2.24) is 5.32 Å². The SMILES string of the molecule is CCCC(C)C(=O)NC1(CC(=O)O)CCOC1. The summed E-state index contributed by atoms with van der Waals surface area (Å²) in [6.45, 7) is 4.69. The van der Waals surface area contributed by atoms with E-state index in [-0.39, 0.29) is 18.2 Å². The number of carboxylic acid groups (broad SMARTS) is 1. The lowest BCUT2D eigenvalue weighted by Crippen LogP contribution is -2.52. The van der Waals surface area contributed by atoms with Crippen molar-refractivity contribution in [1.29, 1.82) is 0 Å². The second-order valence-electron chi connectivity index (χ2n) is 4.83. The molecule has 98 valence electrons. The Morgan fingerprint density at radius 2 is 2.24 bits per heavy atom. The molecule has 1 heterocycles. The molecule has 17 heavy (non-hydrogen) atoms. The van der Waals surface area contributed by atoms with Gasteiger partial charge in [0.1, 0.15) is 0 Å². The molecule has 1 aliphatic rings. The summed E-state index contributed by atoms with van der Waals surface area (Å²) in [5.41, 5.74) is -0.703. The molecule has 0 bridgehead atoms. The van der Waals surface area contributed by atoms with Crippen molar-refractivity contribution in [2.75, 3.05) is 13.2 Å². The Labute approximate surface area is 102 Å². The Bertz CT molecular complexity index is 284. The summed E-state index contributed by atoms with van der Waals surface area (Å²) in [6.07, 6.45) is 2.26. The second kappa shape index (κ2) is 6.00. The molecule has 5 heteroatoms. The lowest BCUT2D eigenvalue weighted by Gasteiger charge is -2.28. The van der Waals surface area contributed by atoms with Crippen molar-refractivity contribution in [2.45, 2.75) is 45.1 Å². The zero-order chi connectivity index (χ0) is 12.9. The molecule has 0 aromatic carbocycles. The van der Waals surface area contributed by atoms with Crippen molar-refractivity contribution in [3.63, 3.8) is 0 Å². The summed E-state index contributed by atoms with van der Waals surface area (Å²) in [5, 5.41) is 11.8. The van der Waals surface area contributed by atoms with Crippen LogP contribution in [-0.2, 0) is 14.3 Å². The predicted octanol–water partition coefficient (Wildman–Crippen LogP) is 1.17. The average molecular weight is 243 g/mol. The van der Waals surface area contributed by atoms with Gasteiger partial charge in [0.2, 0.25) is 5.91 Å². The zero-order valence-electron chi connectivity index (χ0n) is 10.5. The zero-order valence-corrected chi connectivity index (χ0v) is 10.5. The van der Waals surface area contributed by atoms with Gasteiger partial charge >= 0.3 is 5.97 Å². The van der Waals surface area contributed by atoms with Crippen molar-refractivity contribution >= 4 is 11.9 Å². The Balaban J connectivity index is 2.60. The van der Waals surface area contributed by atoms with Gasteiger partial charge in [-0.2, -0.15) is 0 Å². The van der Waals surface area contributed by atoms with Crippen LogP contribution < -0.4 is 5.32 Å². The van der Waals surface area contributed by atoms with Crippen molar-refractivity contribution in [3.8, 4) is 0 Å². The van der Waals surface area contributed by atoms with Crippen LogP contribution in [0, 0.1) is 5.92 Å². The van der Waals surface area contributed by atoms with E-state index in [1.807, 2.05) is 13.8 Å². The molecule has 0 radical (unpaired) electrons. The number of nitrogens with one attached hydrogen (secondary N) is 1. The molecule has 0 spiro atoms. The van der Waals surface area contributed by atoms with E-state index >= 15 is 0 Å². The lowest BCUT2D eigenvalue weighted by molar-refractivity contribution is -0.139. The molecule has 2 N–H and O–H groups in total. The Hall–Kier alpha value is -1.10. The number of rotatable bonds is 6. The van der Waals surface area contributed by atoms with Gasteiger partial charge in [-0.05, 0) is 12.8 Å². The molecule has 1 aliphatic heterocycles. The molecule has 0 aromatic heterocycles. The summed E-state index contributed by atoms with van der Waals surface area (Å²) >= 11 is 0. The highest BCUT2D eigenvalue weighted by molar-refractivity contribution is 5.80. The summed E-state index contributed by atoms with van der Waals surface area (Å²) in [7, 11) is 0. The van der Waals surface area contributed by atoms with Crippen LogP contribution in [0.2, 0.25) is 0 Å². The highest BCUT2D eigenvalue weighted by Crippen LogP contribution is 2.23. The minimum absolute atomic E-state index is 0.0707. The number of carboxylic acids is 1. The Morgan fingerprint density at radius 1 is 1.53 bits per heavy atom. The van der Waals surface area contributed by atoms with Gasteiger partial charge in [0.05, 0.1) is 18.6 Å². The highest BCUT2D eigenvalue weighted by Gasteiger charge is 2.39. The molecule has 2 atom stereocenters. The van der Waals surface area contributed by atoms with E-state index in [0.717, 1.165) is 12.8 Å². The fourth-order valence-corrected chi connectivity index (χ4v) is 2.13. The van der Waals surface area contributed by atoms with Gasteiger partial charge in [-0.25, -0.2) is 0 Å². The van der Waals surface area contributed by atoms with E-state index in [0.29, 0.717) is 19.6 Å². The summed E-state index contributed by atoms with van der Waals surface area (Å²) in [4.78, 5) is 22.7. The van der Waals surface area contributed by atoms with Gasteiger partial charge in [0.25, 0.3) is 0 Å². The molecule has 0 aliphatic carbocycles. The van der Waals surface area contributed by atoms with Crippen LogP contribution in [-0.4, -0.2) is 35.7 Å². The lowest BCUT2D eigenvalue weighted by atomic mass is 9.92. The number of hydrogen-bond donors (Lipinski definition) is 2. The minimum Gasteiger partial charge on any atom is -0.481 e. The van der Waals surface area contributed by atoms with E-state index in [1.54, 1.807) is 0 Å². The second-order valence-corrected chi connectivity index (χ2v) is 4.83. The maximum Gasteiger partial charge on any atom is 0.305 e. The van der Waals surface area contributed by atoms with Gasteiger partial charge in [0, 0.05) is 12.5 Å². The number of hydrogen-bond acceptors (Lipinski definition) is 3. The first-order valence-corrected chi connectivity index (χ1v) is 6.10. The topological polar surface area (TPSA) is 75.6 Å². The molecular weight excluding hydrogens is 222 g/mol. The third-order valence-electron chi connectivity index (χ3n) is 3.15. The molecule has 1 rings (SSSR count). The van der Waals surface area contributed by atoms with E-state index < -0.39 is 11.5 Å². The summed E-state index contributed by atoms with van der Waals surface area (Å²) in [6, 6.07) is 0. The average Bonchev–Trinajstić information content (AvgIpc) is 2.65. The highest BCUT2D eigenvalue weighted by atomic mass is 16.5. The van der Waals surface area contributed by atoms with Gasteiger partial charge < -0.3 is 15.2 Å². The minimum atomic E-state index is -0.904. The van der Waals surface area contributed by atoms with Crippen LogP contribution in [0.1, 0.15) is 39.5 Å². The fourth-order valence-electron chi connectivity index (χ4n) is 2.13. The van der Waals surface area contributed by atoms with E-state index in [9.17, 15) is 9.59 Å². The third-order valence-corrected chi connectivity index (χ3v) is 3.15. The smallest absolute Gasteiger partial charge is 0.305 e. The molecule has 1 saturated heterocycles. The molecule has 1 fully saturated rings. The summed E-state index contributed by atoms with van der Waals surface area (Å²) in [5.74, 6) is -1.05. The molecule has 0 saturated carbocycles. The van der Waals surface area contributed by atoms with Crippen molar-refractivity contribution < 1.29 is 19.4 Å². The van der Waals surface area contributed by atoms with Crippen LogP contribution in [0.4, 0.5) is 0 Å². The maximum absolute atomic E-state index is 11.9. The maximum atomic E-state index is 11.9. The van der Waals surface area contributed by atoms with Crippen LogP contribution in [0.3, 0.4) is 0 Å². The van der Waals surface area contributed by atoms with Crippen LogP contribution >= 0.6 is 0 Å². The molecule has 5 nitrogen and oxygen atoms in total. The number of carbonyl (C=O) groups is 2. The molecular formula is C12H21NO4. The van der Waals surface area contributed by atoms with Crippen LogP contribution in [0.15, 0.2) is 0 Å². The van der Waals surface area contributed by atoms with Gasteiger partial charge in [-0.1, -0.05) is 20.3 Å². The van der Waals surface area contributed by atoms with Gasteiger partial charge in [0.15, 0.2) is 0 Å². The Kier molecular flexibility index (Phi) is 4.93. The first kappa shape index (κ1) is 14.0. The van der Waals surface area contributed by atoms with Gasteiger partial charge in [-0.3, -0.25) is 9.59 Å². The third kappa shape index (κ3) is 4.00. The Morgan fingerprint density at radius 3 is 2.71 bits per heavy atom. The first-order chi connectivity index (χ1) is 7.99. The van der Waals surface area contributed by atoms with Crippen LogP contribution in [0.5, 0.6) is 0 Å². The van der Waals surface area contributed by atoms with Crippen molar-refractivity contribution in [2.24, 2.45) is 5.92 Å². The molecule has 0 aromatic rings. The molecule has 2 unspecified atom stereocenters. The predicted molar refractivity (Wildman–Crippen MR) is 62.6 cm³/mol. The number of amides is 1. The number of ether oxygens (including phenoxy) is 1. The normalized spacial score (nSPS) is 25.5. The standard InChI is InChI=1S/C12H21NO4/c1-3-4-9(2)11(16)13-12(7-10(14)15)5-6-17-8-12/h9H,3-8H2,1-2H3,(H,13,16)(H,14,15).